The molecular weight excluding hydrogens is 270 g/mol. The summed E-state index contributed by atoms with van der Waals surface area (Å²) in [7, 11) is 0. The molecule has 0 unspecified atom stereocenters. The highest BCUT2D eigenvalue weighted by Gasteiger charge is 2.11. The van der Waals surface area contributed by atoms with Gasteiger partial charge in [0.1, 0.15) is 11.7 Å². The number of rotatable bonds is 1. The van der Waals surface area contributed by atoms with Gasteiger partial charge in [-0.2, -0.15) is 0 Å². The van der Waals surface area contributed by atoms with Crippen molar-refractivity contribution in [2.75, 3.05) is 0 Å². The Morgan fingerprint density at radius 3 is 2.87 bits per heavy atom. The predicted molar refractivity (Wildman–Crippen MR) is 54.8 cm³/mol. The lowest BCUT2D eigenvalue weighted by atomic mass is 10.2. The molecule has 0 amide bonds. The fraction of sp³-hybridized carbons (Fsp3) is 0.111. The van der Waals surface area contributed by atoms with Crippen LogP contribution in [0.5, 0.6) is 0 Å². The molecule has 0 saturated carbocycles. The first-order chi connectivity index (χ1) is 7.15. The molecule has 6 heteroatoms. The Bertz CT molecular complexity index is 582. The topological polar surface area (TPSA) is 34.9 Å². The van der Waals surface area contributed by atoms with E-state index in [1.165, 1.54) is 12.1 Å². The maximum atomic E-state index is 13.6. The lowest BCUT2D eigenvalue weighted by Gasteiger charge is -2.03. The van der Waals surface area contributed by atoms with E-state index in [9.17, 15) is 13.6 Å². The monoisotopic (exact) mass is 274 g/mol. The van der Waals surface area contributed by atoms with Crippen LogP contribution in [0, 0.1) is 5.82 Å². The zero-order valence-electron chi connectivity index (χ0n) is 7.38. The fourth-order valence-corrected chi connectivity index (χ4v) is 1.59. The van der Waals surface area contributed by atoms with Crippen LogP contribution >= 0.6 is 15.9 Å². The molecule has 15 heavy (non-hydrogen) atoms. The third-order valence-corrected chi connectivity index (χ3v) is 2.62. The number of halogens is 3. The maximum Gasteiger partial charge on any atom is 0.266 e. The normalized spacial score (nSPS) is 10.9. The molecule has 0 spiro atoms. The van der Waals surface area contributed by atoms with Gasteiger partial charge in [0, 0.05) is 0 Å². The highest BCUT2D eigenvalue weighted by molar-refractivity contribution is 9.10. The van der Waals surface area contributed by atoms with Crippen molar-refractivity contribution in [1.29, 1.82) is 0 Å². The Balaban J connectivity index is 2.96. The average Bonchev–Trinajstić information content (AvgIpc) is 2.24. The second kappa shape index (κ2) is 3.69. The van der Waals surface area contributed by atoms with Crippen LogP contribution < -0.4 is 5.56 Å². The lowest BCUT2D eigenvalue weighted by molar-refractivity contribution is 0.367. The van der Waals surface area contributed by atoms with Gasteiger partial charge >= 0.3 is 0 Å². The van der Waals surface area contributed by atoms with Gasteiger partial charge in [0.2, 0.25) is 0 Å². The zero-order valence-corrected chi connectivity index (χ0v) is 8.96. The average molecular weight is 275 g/mol. The van der Waals surface area contributed by atoms with Crippen LogP contribution in [0.2, 0.25) is 0 Å². The van der Waals surface area contributed by atoms with Crippen LogP contribution in [-0.2, 0) is 6.80 Å². The van der Waals surface area contributed by atoms with Gasteiger partial charge in [0.05, 0.1) is 9.99 Å². The first-order valence-electron chi connectivity index (χ1n) is 4.04. The molecule has 0 saturated heterocycles. The van der Waals surface area contributed by atoms with Crippen molar-refractivity contribution < 1.29 is 8.78 Å². The summed E-state index contributed by atoms with van der Waals surface area (Å²) in [5.41, 5.74) is -0.508. The summed E-state index contributed by atoms with van der Waals surface area (Å²) in [4.78, 5) is 15.3. The van der Waals surface area contributed by atoms with Crippen molar-refractivity contribution in [1.82, 2.24) is 9.55 Å². The molecule has 0 bridgehead atoms. The Morgan fingerprint density at radius 2 is 2.20 bits per heavy atom. The van der Waals surface area contributed by atoms with E-state index in [0.717, 1.165) is 6.33 Å². The minimum absolute atomic E-state index is 0.158. The van der Waals surface area contributed by atoms with Crippen molar-refractivity contribution in [2.45, 2.75) is 6.80 Å². The van der Waals surface area contributed by atoms with Crippen LogP contribution in [0.3, 0.4) is 0 Å². The maximum absolute atomic E-state index is 13.6. The summed E-state index contributed by atoms with van der Waals surface area (Å²) in [5, 5.41) is -0.204. The van der Waals surface area contributed by atoms with Gasteiger partial charge in [-0.05, 0) is 28.1 Å². The third kappa shape index (κ3) is 1.54. The minimum Gasteiger partial charge on any atom is -0.269 e. The van der Waals surface area contributed by atoms with Gasteiger partial charge in [0.15, 0.2) is 12.6 Å². The van der Waals surface area contributed by atoms with Crippen molar-refractivity contribution in [3.8, 4) is 0 Å². The van der Waals surface area contributed by atoms with Crippen LogP contribution in [0.4, 0.5) is 8.78 Å². The fourth-order valence-electron chi connectivity index (χ4n) is 1.26. The Morgan fingerprint density at radius 1 is 1.47 bits per heavy atom. The second-order valence-corrected chi connectivity index (χ2v) is 3.75. The third-order valence-electron chi connectivity index (χ3n) is 2.01. The largest absolute Gasteiger partial charge is 0.269 e. The number of alkyl halides is 1. The van der Waals surface area contributed by atoms with Gasteiger partial charge in [-0.25, -0.2) is 13.8 Å². The number of nitrogens with zero attached hydrogens (tertiary/aromatic N) is 2. The first kappa shape index (κ1) is 10.2. The van der Waals surface area contributed by atoms with Gasteiger partial charge in [-0.15, -0.1) is 0 Å². The van der Waals surface area contributed by atoms with Crippen LogP contribution in [0.1, 0.15) is 0 Å². The summed E-state index contributed by atoms with van der Waals surface area (Å²) in [6.45, 7) is -1.02. The van der Waals surface area contributed by atoms with Crippen molar-refractivity contribution in [3.63, 3.8) is 0 Å². The SMILES string of the molecule is O=c1c2c(F)c(Br)ccc2ncn1CF. The molecule has 78 valence electrons. The predicted octanol–water partition coefficient (Wildman–Crippen LogP) is 2.23. The molecule has 1 aromatic carbocycles. The van der Waals surface area contributed by atoms with Gasteiger partial charge in [-0.1, -0.05) is 0 Å². The second-order valence-electron chi connectivity index (χ2n) is 2.89. The molecule has 2 rings (SSSR count). The van der Waals surface area contributed by atoms with E-state index in [0.29, 0.717) is 4.57 Å². The lowest BCUT2D eigenvalue weighted by Crippen LogP contribution is -2.20. The molecule has 0 aliphatic carbocycles. The summed E-state index contributed by atoms with van der Waals surface area (Å²) in [5.74, 6) is -0.715. The molecular formula is C9H5BrF2N2O. The van der Waals surface area contributed by atoms with Gasteiger partial charge < -0.3 is 0 Å². The number of benzene rings is 1. The molecule has 0 aliphatic heterocycles. The van der Waals surface area contributed by atoms with Crippen molar-refractivity contribution >= 4 is 26.8 Å². The van der Waals surface area contributed by atoms with Crippen LogP contribution in [-0.4, -0.2) is 9.55 Å². The number of fused-ring (bicyclic) bond motifs is 1. The highest BCUT2D eigenvalue weighted by Crippen LogP contribution is 2.20. The van der Waals surface area contributed by atoms with Crippen LogP contribution in [0.25, 0.3) is 10.9 Å². The standard InChI is InChI=1S/C9H5BrF2N2O/c10-5-1-2-6-7(8(5)12)9(15)14(3-11)4-13-6/h1-2,4H,3H2. The highest BCUT2D eigenvalue weighted by atomic mass is 79.9. The quantitative estimate of drug-likeness (QED) is 0.799. The van der Waals surface area contributed by atoms with E-state index in [-0.39, 0.29) is 15.4 Å². The van der Waals surface area contributed by atoms with Crippen molar-refractivity contribution in [3.05, 3.63) is 39.1 Å². The minimum atomic E-state index is -1.02. The number of hydrogen-bond donors (Lipinski definition) is 0. The summed E-state index contributed by atoms with van der Waals surface area (Å²) >= 11 is 2.95. The number of aromatic nitrogens is 2. The van der Waals surface area contributed by atoms with E-state index in [1.807, 2.05) is 0 Å². The Hall–Kier alpha value is -1.30. The molecule has 0 radical (unpaired) electrons. The zero-order chi connectivity index (χ0) is 11.0. The molecule has 0 aliphatic rings. The Labute approximate surface area is 91.5 Å². The van der Waals surface area contributed by atoms with Crippen molar-refractivity contribution in [2.24, 2.45) is 0 Å². The molecule has 1 aromatic heterocycles. The summed E-state index contributed by atoms with van der Waals surface area (Å²) < 4.78 is 26.8. The number of hydrogen-bond acceptors (Lipinski definition) is 2. The summed E-state index contributed by atoms with van der Waals surface area (Å²) in [6, 6.07) is 2.94. The Kier molecular flexibility index (Phi) is 2.52. The van der Waals surface area contributed by atoms with Crippen LogP contribution in [0.15, 0.2) is 27.7 Å². The van der Waals surface area contributed by atoms with E-state index < -0.39 is 18.2 Å². The van der Waals surface area contributed by atoms with Gasteiger partial charge in [0.25, 0.3) is 5.56 Å². The molecule has 0 N–H and O–H groups in total. The van der Waals surface area contributed by atoms with Gasteiger partial charge in [-0.3, -0.25) is 9.36 Å². The van der Waals surface area contributed by atoms with E-state index in [2.05, 4.69) is 20.9 Å². The molecule has 1 heterocycles. The van der Waals surface area contributed by atoms with E-state index in [4.69, 9.17) is 0 Å². The molecule has 2 aromatic rings. The first-order valence-corrected chi connectivity index (χ1v) is 4.83. The van der Waals surface area contributed by atoms with E-state index in [1.54, 1.807) is 0 Å². The smallest absolute Gasteiger partial charge is 0.266 e. The molecule has 0 atom stereocenters. The van der Waals surface area contributed by atoms with E-state index >= 15 is 0 Å². The molecule has 3 nitrogen and oxygen atoms in total. The molecule has 0 fully saturated rings. The summed E-state index contributed by atoms with van der Waals surface area (Å²) in [6.07, 6.45) is 1.05.